The molecule has 0 fully saturated rings. The van der Waals surface area contributed by atoms with E-state index >= 15 is 0 Å². The lowest BCUT2D eigenvalue weighted by Crippen LogP contribution is -1.98. The summed E-state index contributed by atoms with van der Waals surface area (Å²) in [5.74, 6) is 1.33. The van der Waals surface area contributed by atoms with Gasteiger partial charge in [0.25, 0.3) is 0 Å². The van der Waals surface area contributed by atoms with Gasteiger partial charge in [0.1, 0.15) is 6.33 Å². The van der Waals surface area contributed by atoms with E-state index in [2.05, 4.69) is 37.0 Å². The number of nitrogens with zero attached hydrogens (tertiary/aromatic N) is 4. The van der Waals surface area contributed by atoms with Crippen LogP contribution in [-0.4, -0.2) is 25.0 Å². The number of nitrogens with one attached hydrogen (secondary N) is 3. The summed E-state index contributed by atoms with van der Waals surface area (Å²) in [6.45, 7) is 4.01. The normalized spacial score (nSPS) is 10.7. The molecule has 4 aromatic rings. The van der Waals surface area contributed by atoms with Gasteiger partial charge in [-0.15, -0.1) is 5.10 Å². The van der Waals surface area contributed by atoms with Gasteiger partial charge in [-0.25, -0.2) is 4.68 Å². The van der Waals surface area contributed by atoms with Crippen LogP contribution in [0.25, 0.3) is 5.69 Å². The molecule has 0 bridgehead atoms. The van der Waals surface area contributed by atoms with Gasteiger partial charge in [-0.1, -0.05) is 18.2 Å². The molecule has 0 saturated heterocycles. The number of anilines is 4. The molecule has 0 unspecified atom stereocenters. The summed E-state index contributed by atoms with van der Waals surface area (Å²) in [6, 6.07) is 18.0. The van der Waals surface area contributed by atoms with E-state index in [1.54, 1.807) is 11.0 Å². The highest BCUT2D eigenvalue weighted by molar-refractivity contribution is 5.66. The zero-order chi connectivity index (χ0) is 17.9. The Bertz CT molecular complexity index is 1030. The van der Waals surface area contributed by atoms with Crippen molar-refractivity contribution in [2.45, 2.75) is 13.8 Å². The Morgan fingerprint density at radius 2 is 1.73 bits per heavy atom. The topological polar surface area (TPSA) is 83.5 Å². The monoisotopic (exact) mass is 349 g/mol. The van der Waals surface area contributed by atoms with E-state index in [-0.39, 0.29) is 2.85 Å². The molecule has 4 rings (SSSR count). The summed E-state index contributed by atoms with van der Waals surface area (Å²) in [6.07, 6.45) is 1.69. The summed E-state index contributed by atoms with van der Waals surface area (Å²) < 4.78 is 1.74. The molecule has 26 heavy (non-hydrogen) atoms. The van der Waals surface area contributed by atoms with Gasteiger partial charge in [-0.05, 0) is 49.7 Å². The lowest BCUT2D eigenvalue weighted by atomic mass is 10.2. The van der Waals surface area contributed by atoms with Crippen molar-refractivity contribution in [3.63, 3.8) is 0 Å². The molecule has 0 aliphatic heterocycles. The first-order chi connectivity index (χ1) is 12.7. The Kier molecular flexibility index (Phi) is 4.10. The van der Waals surface area contributed by atoms with Crippen LogP contribution in [0, 0.1) is 13.8 Å². The van der Waals surface area contributed by atoms with Crippen molar-refractivity contribution in [3.8, 4) is 5.69 Å². The van der Waals surface area contributed by atoms with Crippen molar-refractivity contribution >= 4 is 23.1 Å². The second-order valence-corrected chi connectivity index (χ2v) is 6.12. The third-order valence-electron chi connectivity index (χ3n) is 3.82. The van der Waals surface area contributed by atoms with Gasteiger partial charge >= 0.3 is 0 Å². The third-order valence-corrected chi connectivity index (χ3v) is 3.82. The average Bonchev–Trinajstić information content (AvgIpc) is 3.24. The maximum absolute atomic E-state index is 4.48. The summed E-state index contributed by atoms with van der Waals surface area (Å²) in [5, 5.41) is 18.2. The van der Waals surface area contributed by atoms with E-state index in [4.69, 9.17) is 0 Å². The molecule has 0 saturated carbocycles. The van der Waals surface area contributed by atoms with Gasteiger partial charge in [-0.2, -0.15) is 10.1 Å². The van der Waals surface area contributed by atoms with Gasteiger partial charge in [0.2, 0.25) is 5.95 Å². The van der Waals surface area contributed by atoms with Gasteiger partial charge in [-0.3, -0.25) is 5.10 Å². The number of aryl methyl sites for hydroxylation is 2. The molecule has 0 amide bonds. The highest BCUT2D eigenvalue weighted by atomic mass is 15.4. The van der Waals surface area contributed by atoms with Crippen LogP contribution in [-0.2, 0) is 0 Å². The predicted octanol–water partition coefficient (Wildman–Crippen LogP) is 4.59. The van der Waals surface area contributed by atoms with Crippen LogP contribution in [0.4, 0.5) is 23.1 Å². The fourth-order valence-electron chi connectivity index (χ4n) is 2.71. The fraction of sp³-hybridized carbons (Fsp3) is 0.105. The van der Waals surface area contributed by atoms with E-state index < -0.39 is 0 Å². The maximum atomic E-state index is 4.48. The number of aromatic nitrogens is 5. The predicted molar refractivity (Wildman–Crippen MR) is 107 cm³/mol. The van der Waals surface area contributed by atoms with Crippen LogP contribution >= 0.6 is 0 Å². The molecule has 134 valence electrons. The van der Waals surface area contributed by atoms with Crippen LogP contribution in [0.5, 0.6) is 0 Å². The highest BCUT2D eigenvalue weighted by Gasteiger charge is 2.06. The van der Waals surface area contributed by atoms with Crippen LogP contribution in [0.15, 0.2) is 60.9 Å². The second kappa shape index (κ2) is 6.72. The zero-order valence-electron chi connectivity index (χ0n) is 14.6. The standard InChI is InChI=1S/C19H19N7.2H2/c1-13-8-15(21-18-10-14(2)23-24-18)11-16(9-13)22-19-20-12-26(25-19)17-6-4-3-5-7-17;;/h3-12H,1-2H3,(H,22,25)(H2,21,23,24);2*1H. The van der Waals surface area contributed by atoms with Crippen LogP contribution in [0.2, 0.25) is 0 Å². The van der Waals surface area contributed by atoms with Crippen molar-refractivity contribution < 1.29 is 2.85 Å². The molecule has 7 heteroatoms. The number of H-pyrrole nitrogens is 1. The van der Waals surface area contributed by atoms with Gasteiger partial charge in [0.15, 0.2) is 5.82 Å². The lowest BCUT2D eigenvalue weighted by molar-refractivity contribution is 0.882. The summed E-state index contributed by atoms with van der Waals surface area (Å²) in [5.41, 5.74) is 4.95. The van der Waals surface area contributed by atoms with Crippen molar-refractivity contribution in [2.24, 2.45) is 0 Å². The van der Waals surface area contributed by atoms with Crippen LogP contribution in [0.1, 0.15) is 14.1 Å². The number of para-hydroxylation sites is 1. The number of rotatable bonds is 5. The molecule has 0 atom stereocenters. The molecule has 0 radical (unpaired) electrons. The van der Waals surface area contributed by atoms with E-state index in [0.717, 1.165) is 34.1 Å². The van der Waals surface area contributed by atoms with E-state index in [9.17, 15) is 0 Å². The fourth-order valence-corrected chi connectivity index (χ4v) is 2.71. The van der Waals surface area contributed by atoms with E-state index in [1.165, 1.54) is 0 Å². The molecule has 0 aliphatic carbocycles. The van der Waals surface area contributed by atoms with Crippen molar-refractivity contribution in [1.29, 1.82) is 0 Å². The lowest BCUT2D eigenvalue weighted by Gasteiger charge is -2.09. The minimum absolute atomic E-state index is 0. The molecule has 2 heterocycles. The molecule has 2 aromatic heterocycles. The second-order valence-electron chi connectivity index (χ2n) is 6.12. The molecular formula is C19H23N7. The minimum atomic E-state index is 0. The molecule has 0 spiro atoms. The van der Waals surface area contributed by atoms with Crippen molar-refractivity contribution in [2.75, 3.05) is 10.6 Å². The molecule has 3 N–H and O–H groups in total. The minimum Gasteiger partial charge on any atom is -0.339 e. The van der Waals surface area contributed by atoms with Gasteiger partial charge < -0.3 is 10.6 Å². The molecule has 0 aliphatic rings. The molecule has 7 nitrogen and oxygen atoms in total. The SMILES string of the molecule is Cc1cc(Nc2cc(C)[nH]n2)cc(Nc2ncn(-c3ccccc3)n2)c1.[HH].[HH]. The van der Waals surface area contributed by atoms with E-state index in [0.29, 0.717) is 5.95 Å². The smallest absolute Gasteiger partial charge is 0.246 e. The van der Waals surface area contributed by atoms with Crippen molar-refractivity contribution in [3.05, 3.63) is 72.2 Å². The Morgan fingerprint density at radius 1 is 0.962 bits per heavy atom. The summed E-state index contributed by atoms with van der Waals surface area (Å²) in [7, 11) is 0. The number of aromatic amines is 1. The molecule has 2 aromatic carbocycles. The van der Waals surface area contributed by atoms with Gasteiger partial charge in [0.05, 0.1) is 5.69 Å². The first-order valence-corrected chi connectivity index (χ1v) is 8.30. The Labute approximate surface area is 154 Å². The Morgan fingerprint density at radius 3 is 2.46 bits per heavy atom. The molecular weight excluding hydrogens is 326 g/mol. The number of benzene rings is 2. The zero-order valence-corrected chi connectivity index (χ0v) is 14.6. The average molecular weight is 349 g/mol. The Balaban J connectivity index is 0.00000140. The van der Waals surface area contributed by atoms with Crippen LogP contribution in [0.3, 0.4) is 0 Å². The maximum Gasteiger partial charge on any atom is 0.246 e. The summed E-state index contributed by atoms with van der Waals surface area (Å²) in [4.78, 5) is 4.34. The third kappa shape index (κ3) is 3.56. The van der Waals surface area contributed by atoms with Gasteiger partial charge in [0, 0.05) is 26.0 Å². The van der Waals surface area contributed by atoms with E-state index in [1.807, 2.05) is 62.4 Å². The van der Waals surface area contributed by atoms with Crippen molar-refractivity contribution in [1.82, 2.24) is 25.0 Å². The van der Waals surface area contributed by atoms with Crippen LogP contribution < -0.4 is 10.6 Å². The highest BCUT2D eigenvalue weighted by Crippen LogP contribution is 2.23. The number of hydrogen-bond donors (Lipinski definition) is 3. The first kappa shape index (κ1) is 15.9. The quantitative estimate of drug-likeness (QED) is 0.491. The summed E-state index contributed by atoms with van der Waals surface area (Å²) >= 11 is 0. The first-order valence-electron chi connectivity index (χ1n) is 8.30. The number of hydrogen-bond acceptors (Lipinski definition) is 5. The Hall–Kier alpha value is -3.61. The largest absolute Gasteiger partial charge is 0.339 e.